The molecular weight excluding hydrogens is 572 g/mol. The van der Waals surface area contributed by atoms with Gasteiger partial charge in [-0.3, -0.25) is 0 Å². The normalized spacial score (nSPS) is 28.0. The molecule has 8 atom stereocenters. The molecule has 236 valence electrons. The van der Waals surface area contributed by atoms with E-state index in [0.29, 0.717) is 12.8 Å². The molecule has 42 heavy (non-hydrogen) atoms. The number of aliphatic hydroxyl groups is 2. The largest absolute Gasteiger partial charge is 0.508 e. The maximum absolute atomic E-state index is 11.5. The molecule has 0 spiro atoms. The zero-order valence-electron chi connectivity index (χ0n) is 22.6. The van der Waals surface area contributed by atoms with Crippen LogP contribution in [0.1, 0.15) is 12.8 Å². The van der Waals surface area contributed by atoms with Gasteiger partial charge in [0.05, 0.1) is 39.6 Å². The first kappa shape index (κ1) is 31.7. The smallest absolute Gasteiger partial charge is 0.459 e. The van der Waals surface area contributed by atoms with Crippen molar-refractivity contribution in [2.45, 2.75) is 61.7 Å². The highest BCUT2D eigenvalue weighted by atomic mass is 16.8. The first-order valence-electron chi connectivity index (χ1n) is 13.4. The third-order valence-corrected chi connectivity index (χ3v) is 6.41. The standard InChI is InChI=1S/C25H34O17/c26-18(12-32-6-15-9-36-23(29)40-15)22(35-8-17-11-38-25(31)42-17)21(28)19(13-33-7-16-10-37-24(30)41-16)34-5-4-14-2-1-3-20(27)39-14/h1,3,14-19,21-22,26,28H,2,4-13H2. The predicted octanol–water partition coefficient (Wildman–Crippen LogP) is -0.620. The molecule has 0 aromatic rings. The van der Waals surface area contributed by atoms with E-state index < -0.39 is 73.3 Å². The monoisotopic (exact) mass is 606 g/mol. The van der Waals surface area contributed by atoms with Crippen LogP contribution < -0.4 is 0 Å². The third-order valence-electron chi connectivity index (χ3n) is 6.41. The van der Waals surface area contributed by atoms with Gasteiger partial charge in [-0.1, -0.05) is 6.08 Å². The number of carbonyl (C=O) groups excluding carboxylic acids is 4. The van der Waals surface area contributed by atoms with Crippen LogP contribution in [0, 0.1) is 0 Å². The van der Waals surface area contributed by atoms with Crippen molar-refractivity contribution < 1.29 is 81.5 Å². The third kappa shape index (κ3) is 9.95. The molecule has 0 aliphatic carbocycles. The minimum Gasteiger partial charge on any atom is -0.459 e. The van der Waals surface area contributed by atoms with E-state index in [1.165, 1.54) is 6.08 Å². The van der Waals surface area contributed by atoms with Gasteiger partial charge in [-0.2, -0.15) is 0 Å². The Morgan fingerprint density at radius 1 is 0.738 bits per heavy atom. The van der Waals surface area contributed by atoms with Crippen molar-refractivity contribution in [2.75, 3.05) is 59.5 Å². The summed E-state index contributed by atoms with van der Waals surface area (Å²) in [4.78, 5) is 45.1. The van der Waals surface area contributed by atoms with E-state index in [2.05, 4.69) is 0 Å². The molecule has 0 amide bonds. The molecule has 2 N–H and O–H groups in total. The molecule has 0 aromatic heterocycles. The molecule has 17 heteroatoms. The second-order valence-corrected chi connectivity index (χ2v) is 9.73. The van der Waals surface area contributed by atoms with E-state index in [-0.39, 0.29) is 59.5 Å². The average Bonchev–Trinajstić information content (AvgIpc) is 3.69. The molecule has 0 radical (unpaired) electrons. The van der Waals surface area contributed by atoms with Gasteiger partial charge in [0.2, 0.25) is 0 Å². The number of hydrogen-bond acceptors (Lipinski definition) is 17. The number of rotatable bonds is 18. The molecule has 0 aromatic carbocycles. The Morgan fingerprint density at radius 3 is 1.86 bits per heavy atom. The highest BCUT2D eigenvalue weighted by Crippen LogP contribution is 2.19. The predicted molar refractivity (Wildman–Crippen MR) is 130 cm³/mol. The van der Waals surface area contributed by atoms with Crippen LogP contribution in [-0.2, 0) is 56.9 Å². The Morgan fingerprint density at radius 2 is 1.31 bits per heavy atom. The first-order valence-corrected chi connectivity index (χ1v) is 13.4. The zero-order chi connectivity index (χ0) is 29.9. The van der Waals surface area contributed by atoms with Gasteiger partial charge in [0.15, 0.2) is 18.3 Å². The molecular formula is C25H34O17. The average molecular weight is 607 g/mol. The molecule has 3 fully saturated rings. The lowest BCUT2D eigenvalue weighted by Gasteiger charge is -2.33. The van der Waals surface area contributed by atoms with E-state index in [1.807, 2.05) is 0 Å². The number of aliphatic hydroxyl groups excluding tert-OH is 2. The van der Waals surface area contributed by atoms with Crippen LogP contribution in [0.4, 0.5) is 14.4 Å². The number of ether oxygens (including phenoxy) is 11. The van der Waals surface area contributed by atoms with Crippen LogP contribution in [0.15, 0.2) is 12.2 Å². The van der Waals surface area contributed by atoms with Crippen LogP contribution in [0.25, 0.3) is 0 Å². The van der Waals surface area contributed by atoms with Crippen LogP contribution >= 0.6 is 0 Å². The lowest BCUT2D eigenvalue weighted by atomic mass is 10.0. The fourth-order valence-electron chi connectivity index (χ4n) is 4.28. The molecule has 3 saturated heterocycles. The van der Waals surface area contributed by atoms with Gasteiger partial charge in [-0.15, -0.1) is 0 Å². The topological polar surface area (TPSA) is 210 Å². The molecule has 0 bridgehead atoms. The summed E-state index contributed by atoms with van der Waals surface area (Å²) in [5.41, 5.74) is 0. The van der Waals surface area contributed by atoms with Gasteiger partial charge in [0.25, 0.3) is 0 Å². The quantitative estimate of drug-likeness (QED) is 0.147. The van der Waals surface area contributed by atoms with E-state index in [0.717, 1.165) is 0 Å². The molecule has 8 unspecified atom stereocenters. The minimum absolute atomic E-state index is 0.00120. The van der Waals surface area contributed by atoms with Crippen LogP contribution in [0.3, 0.4) is 0 Å². The van der Waals surface area contributed by atoms with Gasteiger partial charge < -0.3 is 62.3 Å². The lowest BCUT2D eigenvalue weighted by Crippen LogP contribution is -2.51. The number of hydrogen-bond donors (Lipinski definition) is 2. The Labute approximate surface area is 239 Å². The highest BCUT2D eigenvalue weighted by molar-refractivity contribution is 5.82. The Bertz CT molecular complexity index is 955. The first-order chi connectivity index (χ1) is 20.3. The van der Waals surface area contributed by atoms with Gasteiger partial charge in [-0.05, 0) is 0 Å². The van der Waals surface area contributed by atoms with Gasteiger partial charge >= 0.3 is 24.4 Å². The molecule has 4 heterocycles. The van der Waals surface area contributed by atoms with Crippen LogP contribution in [-0.4, -0.2) is 143 Å². The summed E-state index contributed by atoms with van der Waals surface area (Å²) >= 11 is 0. The summed E-state index contributed by atoms with van der Waals surface area (Å²) in [6.07, 6.45) is -6.60. The SMILES string of the molecule is O=C1C=CCC(CCOC(COCC2COC(=O)O2)C(O)C(OCC2COC(=O)O2)C(O)COCC2COC(=O)O2)O1. The number of cyclic esters (lactones) is 7. The Kier molecular flexibility index (Phi) is 12.0. The van der Waals surface area contributed by atoms with E-state index in [4.69, 9.17) is 52.1 Å². The number of carbonyl (C=O) groups is 4. The van der Waals surface area contributed by atoms with Crippen molar-refractivity contribution in [1.29, 1.82) is 0 Å². The van der Waals surface area contributed by atoms with Crippen molar-refractivity contribution in [2.24, 2.45) is 0 Å². The summed E-state index contributed by atoms with van der Waals surface area (Å²) in [6, 6.07) is 0. The summed E-state index contributed by atoms with van der Waals surface area (Å²) in [7, 11) is 0. The van der Waals surface area contributed by atoms with Crippen molar-refractivity contribution in [3.8, 4) is 0 Å². The highest BCUT2D eigenvalue weighted by Gasteiger charge is 2.38. The Hall–Kier alpha value is -3.22. The fraction of sp³-hybridized carbons (Fsp3) is 0.760. The van der Waals surface area contributed by atoms with Gasteiger partial charge in [0, 0.05) is 18.9 Å². The van der Waals surface area contributed by atoms with Crippen molar-refractivity contribution in [3.63, 3.8) is 0 Å². The minimum atomic E-state index is -1.52. The van der Waals surface area contributed by atoms with Crippen molar-refractivity contribution >= 4 is 24.4 Å². The fourth-order valence-corrected chi connectivity index (χ4v) is 4.28. The maximum atomic E-state index is 11.5. The zero-order valence-corrected chi connectivity index (χ0v) is 22.6. The lowest BCUT2D eigenvalue weighted by molar-refractivity contribution is -0.179. The van der Waals surface area contributed by atoms with Crippen molar-refractivity contribution in [3.05, 3.63) is 12.2 Å². The van der Waals surface area contributed by atoms with Crippen molar-refractivity contribution in [1.82, 2.24) is 0 Å². The summed E-state index contributed by atoms with van der Waals surface area (Å²) < 4.78 is 57.0. The summed E-state index contributed by atoms with van der Waals surface area (Å²) in [5.74, 6) is -0.466. The molecule has 4 aliphatic heterocycles. The summed E-state index contributed by atoms with van der Waals surface area (Å²) in [6.45, 7) is -0.985. The van der Waals surface area contributed by atoms with E-state index in [9.17, 15) is 29.4 Å². The maximum Gasteiger partial charge on any atom is 0.508 e. The molecule has 4 aliphatic rings. The van der Waals surface area contributed by atoms with Crippen LogP contribution in [0.2, 0.25) is 0 Å². The van der Waals surface area contributed by atoms with Gasteiger partial charge in [-0.25, -0.2) is 19.2 Å². The van der Waals surface area contributed by atoms with Gasteiger partial charge in [0.1, 0.15) is 50.3 Å². The molecule has 4 rings (SSSR count). The van der Waals surface area contributed by atoms with E-state index in [1.54, 1.807) is 6.08 Å². The second kappa shape index (κ2) is 15.9. The molecule has 17 nitrogen and oxygen atoms in total. The summed E-state index contributed by atoms with van der Waals surface area (Å²) in [5, 5.41) is 22.3. The van der Waals surface area contributed by atoms with E-state index >= 15 is 0 Å². The second-order valence-electron chi connectivity index (χ2n) is 9.73. The number of esters is 1. The van der Waals surface area contributed by atoms with Crippen LogP contribution in [0.5, 0.6) is 0 Å². The molecule has 0 saturated carbocycles. The Balaban J connectivity index is 1.36.